The Hall–Kier alpha value is -4.06. The summed E-state index contributed by atoms with van der Waals surface area (Å²) in [5.41, 5.74) is 9.97. The van der Waals surface area contributed by atoms with Crippen molar-refractivity contribution >= 4 is 46.7 Å². The van der Waals surface area contributed by atoms with E-state index in [1.807, 2.05) is 54.1 Å². The van der Waals surface area contributed by atoms with Crippen molar-refractivity contribution in [3.05, 3.63) is 70.5 Å². The number of ether oxygens (including phenoxy) is 1. The molecule has 2 aromatic heterocycles. The average molecular weight is 672 g/mol. The molecule has 11 heteroatoms. The van der Waals surface area contributed by atoms with E-state index in [2.05, 4.69) is 47.2 Å². The maximum Gasteiger partial charge on any atom is 0.339 e. The first-order valence-electron chi connectivity index (χ1n) is 16.9. The number of methoxy groups -OCH3 is 1. The number of hydroxylamine groups is 1. The minimum Gasteiger partial charge on any atom is -0.497 e. The molecular weight excluding hydrogens is 627 g/mol. The third kappa shape index (κ3) is 6.26. The van der Waals surface area contributed by atoms with Gasteiger partial charge in [-0.15, -0.1) is 0 Å². The molecule has 1 amide bonds. The van der Waals surface area contributed by atoms with E-state index in [-0.39, 0.29) is 29.5 Å². The van der Waals surface area contributed by atoms with Crippen LogP contribution < -0.4 is 10.2 Å². The standard InChI is InChI=1S/C37H45N5O5S/c1-7-10-23(8-2)33-30-15-13-24(36(43)39-47-48-40(5)22(3)4)19-32(30)41-21-26(17-25-18-28(46-6)14-16-29(25)35(33)41)34-31(37(44)45)20-38-42(34)27-11-9-12-27/h13-20,22-23,27H,7-12,21H2,1-6H3,(H,39,43)(H,44,45). The highest BCUT2D eigenvalue weighted by molar-refractivity contribution is 7.92. The molecule has 2 N–H and O–H groups in total. The van der Waals surface area contributed by atoms with Crippen LogP contribution in [0.4, 0.5) is 0 Å². The van der Waals surface area contributed by atoms with Crippen LogP contribution in [0.2, 0.25) is 0 Å². The number of nitrogens with zero attached hydrogens (tertiary/aromatic N) is 4. The molecule has 254 valence electrons. The molecule has 48 heavy (non-hydrogen) atoms. The molecule has 10 nitrogen and oxygen atoms in total. The van der Waals surface area contributed by atoms with Crippen LogP contribution in [0.25, 0.3) is 33.8 Å². The molecule has 3 heterocycles. The molecule has 1 fully saturated rings. The summed E-state index contributed by atoms with van der Waals surface area (Å²) in [6.45, 7) is 8.93. The van der Waals surface area contributed by atoms with E-state index < -0.39 is 5.97 Å². The zero-order valence-electron chi connectivity index (χ0n) is 28.6. The summed E-state index contributed by atoms with van der Waals surface area (Å²) in [6, 6.07) is 12.4. The first-order valence-corrected chi connectivity index (χ1v) is 17.6. The molecule has 0 spiro atoms. The second-order valence-electron chi connectivity index (χ2n) is 13.1. The summed E-state index contributed by atoms with van der Waals surface area (Å²) < 4.78 is 17.3. The quantitative estimate of drug-likeness (QED) is 0.0829. The van der Waals surface area contributed by atoms with Crippen molar-refractivity contribution in [3.63, 3.8) is 0 Å². The lowest BCUT2D eigenvalue weighted by Crippen LogP contribution is -2.25. The topological polar surface area (TPSA) is 111 Å². The highest BCUT2D eigenvalue weighted by atomic mass is 32.2. The summed E-state index contributed by atoms with van der Waals surface area (Å²) in [5.74, 6) is -0.336. The number of carboxylic acid groups (broad SMARTS) is 1. The third-order valence-electron chi connectivity index (χ3n) is 9.84. The number of aromatic carboxylic acids is 1. The zero-order chi connectivity index (χ0) is 34.1. The van der Waals surface area contributed by atoms with Gasteiger partial charge >= 0.3 is 5.97 Å². The molecule has 1 atom stereocenters. The Morgan fingerprint density at radius 3 is 2.58 bits per heavy atom. The SMILES string of the molecule is CCCC(CC)c1c2n(c3cc(C(=O)NOSN(C)C(C)C)ccc13)CC(c1c(C(=O)O)cnn1C1CCC1)=Cc1cc(OC)ccc1-2. The highest BCUT2D eigenvalue weighted by Gasteiger charge is 2.32. The number of benzene rings is 2. The van der Waals surface area contributed by atoms with Gasteiger partial charge in [-0.05, 0) is 112 Å². The Morgan fingerprint density at radius 2 is 1.94 bits per heavy atom. The van der Waals surface area contributed by atoms with Gasteiger partial charge in [0.2, 0.25) is 0 Å². The molecule has 1 aliphatic carbocycles. The Morgan fingerprint density at radius 1 is 1.15 bits per heavy atom. The van der Waals surface area contributed by atoms with Crippen molar-refractivity contribution in [1.29, 1.82) is 0 Å². The summed E-state index contributed by atoms with van der Waals surface area (Å²) in [7, 11) is 3.56. The van der Waals surface area contributed by atoms with Gasteiger partial charge < -0.3 is 14.4 Å². The molecule has 1 unspecified atom stereocenters. The summed E-state index contributed by atoms with van der Waals surface area (Å²) >= 11 is 1.08. The maximum absolute atomic E-state index is 13.4. The van der Waals surface area contributed by atoms with Gasteiger partial charge in [0, 0.05) is 28.1 Å². The number of allylic oxidation sites excluding steroid dienone is 1. The number of amides is 1. The number of hydrogen-bond acceptors (Lipinski definition) is 7. The summed E-state index contributed by atoms with van der Waals surface area (Å²) in [5, 5.41) is 16.0. The fourth-order valence-corrected chi connectivity index (χ4v) is 7.25. The Balaban J connectivity index is 1.57. The predicted octanol–water partition coefficient (Wildman–Crippen LogP) is 8.35. The molecule has 2 aliphatic rings. The van der Waals surface area contributed by atoms with Crippen molar-refractivity contribution in [3.8, 4) is 17.0 Å². The number of carbonyl (C=O) groups excluding carboxylic acids is 1. The monoisotopic (exact) mass is 671 g/mol. The van der Waals surface area contributed by atoms with Gasteiger partial charge in [-0.3, -0.25) is 9.48 Å². The molecule has 0 radical (unpaired) electrons. The van der Waals surface area contributed by atoms with Gasteiger partial charge in [-0.1, -0.05) is 26.3 Å². The average Bonchev–Trinajstić information content (AvgIpc) is 3.56. The first-order chi connectivity index (χ1) is 23.2. The van der Waals surface area contributed by atoms with E-state index in [9.17, 15) is 14.7 Å². The largest absolute Gasteiger partial charge is 0.497 e. The molecule has 4 aromatic rings. The van der Waals surface area contributed by atoms with E-state index in [0.717, 1.165) is 89.8 Å². The van der Waals surface area contributed by atoms with Gasteiger partial charge in [0.1, 0.15) is 23.5 Å². The van der Waals surface area contributed by atoms with Crippen LogP contribution in [0, 0.1) is 0 Å². The van der Waals surface area contributed by atoms with Crippen LogP contribution >= 0.6 is 12.2 Å². The summed E-state index contributed by atoms with van der Waals surface area (Å²) in [6.07, 6.45) is 9.63. The Labute approximate surface area is 286 Å². The third-order valence-corrected chi connectivity index (χ3v) is 10.7. The minimum absolute atomic E-state index is 0.162. The molecule has 6 rings (SSSR count). The highest BCUT2D eigenvalue weighted by Crippen LogP contribution is 2.47. The number of aromatic nitrogens is 3. The van der Waals surface area contributed by atoms with E-state index >= 15 is 0 Å². The van der Waals surface area contributed by atoms with Crippen molar-refractivity contribution in [2.45, 2.75) is 90.8 Å². The summed E-state index contributed by atoms with van der Waals surface area (Å²) in [4.78, 5) is 26.0. The van der Waals surface area contributed by atoms with Crippen molar-refractivity contribution in [2.75, 3.05) is 14.2 Å². The lowest BCUT2D eigenvalue weighted by molar-refractivity contribution is 0.0695. The fourth-order valence-electron chi connectivity index (χ4n) is 6.84. The minimum atomic E-state index is -1.00. The second kappa shape index (κ2) is 14.2. The van der Waals surface area contributed by atoms with E-state index in [1.165, 1.54) is 11.8 Å². The Kier molecular flexibility index (Phi) is 10.0. The second-order valence-corrected chi connectivity index (χ2v) is 14.0. The zero-order valence-corrected chi connectivity index (χ0v) is 29.4. The number of hydrogen-bond donors (Lipinski definition) is 2. The van der Waals surface area contributed by atoms with Gasteiger partial charge in [-0.2, -0.15) is 9.38 Å². The van der Waals surface area contributed by atoms with E-state index in [4.69, 9.17) is 9.02 Å². The number of carboxylic acids is 1. The maximum atomic E-state index is 13.4. The molecule has 1 saturated carbocycles. The fraction of sp³-hybridized carbons (Fsp3) is 0.432. The van der Waals surface area contributed by atoms with Crippen LogP contribution in [-0.4, -0.2) is 55.8 Å². The number of fused-ring (bicyclic) bond motifs is 5. The normalized spacial score (nSPS) is 15.1. The van der Waals surface area contributed by atoms with Crippen LogP contribution in [-0.2, 0) is 10.8 Å². The van der Waals surface area contributed by atoms with Gasteiger partial charge in [0.25, 0.3) is 5.91 Å². The van der Waals surface area contributed by atoms with E-state index in [1.54, 1.807) is 7.11 Å². The van der Waals surface area contributed by atoms with Gasteiger partial charge in [0.15, 0.2) is 0 Å². The van der Waals surface area contributed by atoms with Gasteiger partial charge in [0.05, 0.1) is 37.3 Å². The molecule has 0 saturated heterocycles. The molecular formula is C37H45N5O5S. The van der Waals surface area contributed by atoms with Crippen LogP contribution in [0.15, 0.2) is 42.6 Å². The number of nitrogens with one attached hydrogen (secondary N) is 1. The smallest absolute Gasteiger partial charge is 0.339 e. The number of rotatable bonds is 13. The van der Waals surface area contributed by atoms with E-state index in [0.29, 0.717) is 17.8 Å². The molecule has 2 aromatic carbocycles. The van der Waals surface area contributed by atoms with Crippen molar-refractivity contribution < 1.29 is 23.7 Å². The lowest BCUT2D eigenvalue weighted by atomic mass is 9.87. The van der Waals surface area contributed by atoms with Crippen molar-refractivity contribution in [1.82, 2.24) is 24.1 Å². The van der Waals surface area contributed by atoms with Crippen LogP contribution in [0.1, 0.15) is 116 Å². The number of carbonyl (C=O) groups is 2. The predicted molar refractivity (Wildman–Crippen MR) is 191 cm³/mol. The molecule has 1 aliphatic heterocycles. The molecule has 0 bridgehead atoms. The van der Waals surface area contributed by atoms with Crippen molar-refractivity contribution in [2.24, 2.45) is 0 Å². The van der Waals surface area contributed by atoms with Crippen LogP contribution in [0.5, 0.6) is 5.75 Å². The lowest BCUT2D eigenvalue weighted by Gasteiger charge is -2.28. The van der Waals surface area contributed by atoms with Gasteiger partial charge in [-0.25, -0.2) is 14.6 Å². The first kappa shape index (κ1) is 33.8. The van der Waals surface area contributed by atoms with Crippen LogP contribution in [0.3, 0.4) is 0 Å². The Bertz CT molecular complexity index is 1870.